The minimum absolute atomic E-state index is 0.0636. The van der Waals surface area contributed by atoms with Crippen LogP contribution in [-0.2, 0) is 17.9 Å². The van der Waals surface area contributed by atoms with Crippen molar-refractivity contribution in [1.82, 2.24) is 25.1 Å². The molecule has 3 heterocycles. The van der Waals surface area contributed by atoms with Crippen molar-refractivity contribution < 1.29 is 4.79 Å². The van der Waals surface area contributed by atoms with Gasteiger partial charge in [0.25, 0.3) is 0 Å². The van der Waals surface area contributed by atoms with E-state index in [2.05, 4.69) is 51.3 Å². The van der Waals surface area contributed by atoms with Gasteiger partial charge in [0.05, 0.1) is 23.1 Å². The first-order chi connectivity index (χ1) is 12.6. The predicted molar refractivity (Wildman–Crippen MR) is 103 cm³/mol. The molecule has 1 aromatic heterocycles. The number of nitrogens with zero attached hydrogens (tertiary/aromatic N) is 3. The molecule has 0 radical (unpaired) electrons. The van der Waals surface area contributed by atoms with Gasteiger partial charge in [0.2, 0.25) is 5.91 Å². The number of amides is 1. The largest absolute Gasteiger partial charge is 0.349 e. The number of nitrogens with one attached hydrogen (secondary N) is 2. The quantitative estimate of drug-likeness (QED) is 0.858. The lowest BCUT2D eigenvalue weighted by molar-refractivity contribution is -0.121. The number of fused-ring (bicyclic) bond motifs is 2. The number of aromatic nitrogens is 2. The van der Waals surface area contributed by atoms with Gasteiger partial charge in [-0.15, -0.1) is 0 Å². The Morgan fingerprint density at radius 1 is 1.42 bits per heavy atom. The summed E-state index contributed by atoms with van der Waals surface area (Å²) in [6.07, 6.45) is 2.10. The van der Waals surface area contributed by atoms with E-state index in [4.69, 9.17) is 4.98 Å². The molecular weight excluding hydrogens is 326 g/mol. The molecule has 1 amide bonds. The fraction of sp³-hybridized carbons (Fsp3) is 0.600. The average Bonchev–Trinajstić information content (AvgIpc) is 3.16. The highest BCUT2D eigenvalue weighted by molar-refractivity contribution is 5.76. The number of imidazole rings is 1. The normalized spacial score (nSPS) is 26.2. The van der Waals surface area contributed by atoms with E-state index in [1.807, 2.05) is 0 Å². The van der Waals surface area contributed by atoms with Gasteiger partial charge in [-0.25, -0.2) is 4.98 Å². The Bertz CT molecular complexity index is 801. The number of aryl methyl sites for hydroxylation is 1. The molecule has 2 atom stereocenters. The highest BCUT2D eigenvalue weighted by atomic mass is 16.1. The first-order valence-electron chi connectivity index (χ1n) is 9.77. The number of piperidine rings is 1. The summed E-state index contributed by atoms with van der Waals surface area (Å²) in [6.45, 7) is 9.58. The molecule has 2 N–H and O–H groups in total. The first-order valence-corrected chi connectivity index (χ1v) is 9.77. The fourth-order valence-corrected chi connectivity index (χ4v) is 4.72. The molecule has 4 rings (SSSR count). The highest BCUT2D eigenvalue weighted by Gasteiger charge is 2.46. The van der Waals surface area contributed by atoms with Gasteiger partial charge in [0, 0.05) is 45.6 Å². The molecular formula is C20H29N5O. The molecule has 6 nitrogen and oxygen atoms in total. The molecule has 0 unspecified atom stereocenters. The van der Waals surface area contributed by atoms with Crippen LogP contribution < -0.4 is 10.6 Å². The summed E-state index contributed by atoms with van der Waals surface area (Å²) < 4.78 is 2.37. The molecule has 2 aromatic rings. The maximum atomic E-state index is 11.7. The van der Waals surface area contributed by atoms with E-state index in [-0.39, 0.29) is 11.4 Å². The summed E-state index contributed by atoms with van der Waals surface area (Å²) in [6, 6.07) is 8.42. The lowest BCUT2D eigenvalue weighted by atomic mass is 9.80. The van der Waals surface area contributed by atoms with Crippen molar-refractivity contribution in [2.45, 2.75) is 45.3 Å². The molecule has 0 saturated carbocycles. The molecule has 0 spiro atoms. The Morgan fingerprint density at radius 3 is 3.08 bits per heavy atom. The number of hydrogen-bond acceptors (Lipinski definition) is 4. The molecule has 2 aliphatic heterocycles. The number of carbonyl (C=O) groups excluding carboxylic acids is 1. The molecule has 2 aliphatic rings. The van der Waals surface area contributed by atoms with Crippen molar-refractivity contribution in [3.63, 3.8) is 0 Å². The van der Waals surface area contributed by atoms with Crippen LogP contribution in [0.25, 0.3) is 11.0 Å². The smallest absolute Gasteiger partial charge is 0.217 e. The highest BCUT2D eigenvalue weighted by Crippen LogP contribution is 2.32. The van der Waals surface area contributed by atoms with E-state index in [9.17, 15) is 4.79 Å². The minimum atomic E-state index is -0.0636. The number of likely N-dealkylation sites (tertiary alicyclic amines) is 1. The van der Waals surface area contributed by atoms with Crippen LogP contribution in [0.2, 0.25) is 0 Å². The second-order valence-corrected chi connectivity index (χ2v) is 7.82. The van der Waals surface area contributed by atoms with Crippen LogP contribution in [0.5, 0.6) is 0 Å². The van der Waals surface area contributed by atoms with Crippen LogP contribution in [0.3, 0.4) is 0 Å². The molecule has 0 bridgehead atoms. The van der Waals surface area contributed by atoms with Crippen LogP contribution in [0, 0.1) is 5.92 Å². The third kappa shape index (κ3) is 3.12. The van der Waals surface area contributed by atoms with Crippen LogP contribution in [-0.4, -0.2) is 52.1 Å². The van der Waals surface area contributed by atoms with Gasteiger partial charge < -0.3 is 15.2 Å². The Kier molecular flexibility index (Phi) is 4.71. The van der Waals surface area contributed by atoms with Crippen molar-refractivity contribution in [1.29, 1.82) is 0 Å². The van der Waals surface area contributed by atoms with Crippen molar-refractivity contribution in [3.8, 4) is 0 Å². The second-order valence-electron chi connectivity index (χ2n) is 7.82. The van der Waals surface area contributed by atoms with Crippen molar-refractivity contribution >= 4 is 16.9 Å². The fourth-order valence-electron chi connectivity index (χ4n) is 4.72. The Hall–Kier alpha value is -1.92. The van der Waals surface area contributed by atoms with Crippen LogP contribution in [0.1, 0.15) is 32.5 Å². The van der Waals surface area contributed by atoms with Crippen LogP contribution in [0.4, 0.5) is 0 Å². The summed E-state index contributed by atoms with van der Waals surface area (Å²) in [4.78, 5) is 19.1. The number of hydrogen-bond donors (Lipinski definition) is 2. The minimum Gasteiger partial charge on any atom is -0.349 e. The van der Waals surface area contributed by atoms with Gasteiger partial charge in [0.1, 0.15) is 5.82 Å². The van der Waals surface area contributed by atoms with E-state index in [1.165, 1.54) is 5.52 Å². The summed E-state index contributed by atoms with van der Waals surface area (Å²) in [7, 11) is 0. The monoisotopic (exact) mass is 355 g/mol. The zero-order chi connectivity index (χ0) is 18.1. The topological polar surface area (TPSA) is 62.2 Å². The third-order valence-electron chi connectivity index (χ3n) is 5.94. The zero-order valence-corrected chi connectivity index (χ0v) is 15.8. The van der Waals surface area contributed by atoms with E-state index in [0.717, 1.165) is 63.5 Å². The lowest BCUT2D eigenvalue weighted by Gasteiger charge is -2.43. The Labute approximate surface area is 155 Å². The molecule has 6 heteroatoms. The second kappa shape index (κ2) is 7.00. The van der Waals surface area contributed by atoms with Gasteiger partial charge >= 0.3 is 0 Å². The van der Waals surface area contributed by atoms with Gasteiger partial charge in [-0.3, -0.25) is 9.69 Å². The number of para-hydroxylation sites is 2. The standard InChI is InChI=1S/C20H29N5O/c1-3-9-25-18-7-5-4-6-17(18)22-19(25)13-24-10-8-20(23-15(2)26)14-21-11-16(20)12-24/h4-7,16,21H,3,8-14H2,1-2H3,(H,23,26)/t16-,20+/m0/s1. The zero-order valence-electron chi connectivity index (χ0n) is 15.8. The van der Waals surface area contributed by atoms with Gasteiger partial charge in [-0.1, -0.05) is 19.1 Å². The molecule has 0 aliphatic carbocycles. The lowest BCUT2D eigenvalue weighted by Crippen LogP contribution is -2.60. The Morgan fingerprint density at radius 2 is 2.27 bits per heavy atom. The summed E-state index contributed by atoms with van der Waals surface area (Å²) in [5, 5.41) is 6.73. The van der Waals surface area contributed by atoms with E-state index < -0.39 is 0 Å². The van der Waals surface area contributed by atoms with Gasteiger partial charge in [-0.2, -0.15) is 0 Å². The molecule has 2 fully saturated rings. The van der Waals surface area contributed by atoms with E-state index in [1.54, 1.807) is 6.92 Å². The Balaban J connectivity index is 1.53. The SMILES string of the molecule is CCCn1c(CN2CC[C@@]3(NC(C)=O)CNC[C@H]3C2)nc2ccccc21. The van der Waals surface area contributed by atoms with E-state index in [0.29, 0.717) is 5.92 Å². The maximum Gasteiger partial charge on any atom is 0.217 e. The predicted octanol–water partition coefficient (Wildman–Crippen LogP) is 1.75. The number of carbonyl (C=O) groups is 1. The van der Waals surface area contributed by atoms with Gasteiger partial charge in [0.15, 0.2) is 0 Å². The summed E-state index contributed by atoms with van der Waals surface area (Å²) >= 11 is 0. The van der Waals surface area contributed by atoms with Crippen LogP contribution >= 0.6 is 0 Å². The van der Waals surface area contributed by atoms with Crippen molar-refractivity contribution in [2.24, 2.45) is 5.92 Å². The molecule has 140 valence electrons. The summed E-state index contributed by atoms with van der Waals surface area (Å²) in [5.41, 5.74) is 2.26. The van der Waals surface area contributed by atoms with E-state index >= 15 is 0 Å². The van der Waals surface area contributed by atoms with Crippen molar-refractivity contribution in [3.05, 3.63) is 30.1 Å². The van der Waals surface area contributed by atoms with Crippen LogP contribution in [0.15, 0.2) is 24.3 Å². The van der Waals surface area contributed by atoms with Gasteiger partial charge in [-0.05, 0) is 25.0 Å². The van der Waals surface area contributed by atoms with Crippen molar-refractivity contribution in [2.75, 3.05) is 26.2 Å². The maximum absolute atomic E-state index is 11.7. The summed E-state index contributed by atoms with van der Waals surface area (Å²) in [5.74, 6) is 1.70. The average molecular weight is 355 g/mol. The third-order valence-corrected chi connectivity index (χ3v) is 5.94. The first kappa shape index (κ1) is 17.5. The number of benzene rings is 1. The number of rotatable bonds is 5. The molecule has 2 saturated heterocycles. The molecule has 1 aromatic carbocycles. The molecule has 26 heavy (non-hydrogen) atoms.